The first-order valence-electron chi connectivity index (χ1n) is 15.8. The molecular weight excluding hydrogens is 618 g/mol. The lowest BCUT2D eigenvalue weighted by molar-refractivity contribution is 0.119. The van der Waals surface area contributed by atoms with Crippen molar-refractivity contribution in [1.29, 1.82) is 0 Å². The van der Waals surface area contributed by atoms with Gasteiger partial charge < -0.3 is 19.7 Å². The van der Waals surface area contributed by atoms with Crippen LogP contribution in [0.25, 0.3) is 33.1 Å². The molecule has 236 valence electrons. The fourth-order valence-corrected chi connectivity index (χ4v) is 8.76. The zero-order valence-electron chi connectivity index (χ0n) is 25.1. The number of halogens is 3. The minimum absolute atomic E-state index is 0.0629. The molecule has 5 fully saturated rings. The highest BCUT2D eigenvalue weighted by Crippen LogP contribution is 2.51. The molecule has 4 saturated heterocycles. The fourth-order valence-electron chi connectivity index (χ4n) is 8.37. The number of aromatic nitrogens is 3. The van der Waals surface area contributed by atoms with E-state index in [1.54, 1.807) is 24.4 Å². The number of hydrogen-bond donors (Lipinski definition) is 2. The Morgan fingerprint density at radius 1 is 1.20 bits per heavy atom. The monoisotopic (exact) mass is 652 g/mol. The second-order valence-corrected chi connectivity index (χ2v) is 13.8. The molecule has 9 nitrogen and oxygen atoms in total. The first kappa shape index (κ1) is 29.2. The van der Waals surface area contributed by atoms with E-state index in [0.29, 0.717) is 40.7 Å². The molecule has 0 spiro atoms. The van der Waals surface area contributed by atoms with E-state index in [-0.39, 0.29) is 46.5 Å². The van der Waals surface area contributed by atoms with Crippen molar-refractivity contribution in [3.8, 4) is 17.1 Å². The van der Waals surface area contributed by atoms with Gasteiger partial charge in [-0.1, -0.05) is 35.3 Å². The molecule has 9 rings (SSSR count). The van der Waals surface area contributed by atoms with Gasteiger partial charge in [0.05, 0.1) is 33.0 Å². The van der Waals surface area contributed by atoms with Gasteiger partial charge in [-0.15, -0.1) is 0 Å². The summed E-state index contributed by atoms with van der Waals surface area (Å²) >= 11 is 12.8. The number of ether oxygens (including phenoxy) is 1. The van der Waals surface area contributed by atoms with Crippen LogP contribution in [0.5, 0.6) is 5.88 Å². The molecule has 1 saturated carbocycles. The van der Waals surface area contributed by atoms with Crippen LogP contribution in [0.2, 0.25) is 10.0 Å². The van der Waals surface area contributed by atoms with Crippen LogP contribution in [0.4, 0.5) is 9.18 Å². The molecule has 0 unspecified atom stereocenters. The van der Waals surface area contributed by atoms with Crippen LogP contribution in [0, 0.1) is 11.7 Å². The molecule has 7 heterocycles. The van der Waals surface area contributed by atoms with Crippen molar-refractivity contribution in [2.75, 3.05) is 26.7 Å². The number of nitrogens with one attached hydrogen (secondary N) is 1. The SMILES string of the molecule is C[C@H](Oc1nc2c(F)c(-c3cccc(Cl)c3Cl)ncc2c2c1cc([C@H]1CCCN1C(=O)O)n2[C@H]1[C@H]2CN[C@@H]1C2)[C@@H]1CCCN1C. The summed E-state index contributed by atoms with van der Waals surface area (Å²) in [4.78, 5) is 25.7. The third-order valence-electron chi connectivity index (χ3n) is 10.6. The fraction of sp³-hybridized carbons (Fsp3) is 0.485. The number of hydrogen-bond acceptors (Lipinski definition) is 6. The molecule has 12 heteroatoms. The maximum atomic E-state index is 16.7. The van der Waals surface area contributed by atoms with Crippen LogP contribution in [-0.4, -0.2) is 80.4 Å². The van der Waals surface area contributed by atoms with Crippen LogP contribution in [-0.2, 0) is 0 Å². The number of carboxylic acid groups (broad SMARTS) is 1. The molecule has 45 heavy (non-hydrogen) atoms. The largest absolute Gasteiger partial charge is 0.472 e. The lowest BCUT2D eigenvalue weighted by Crippen LogP contribution is -2.40. The molecule has 6 atom stereocenters. The molecule has 1 amide bonds. The highest BCUT2D eigenvalue weighted by Gasteiger charge is 2.50. The number of likely N-dealkylation sites (tertiary alicyclic amines) is 2. The summed E-state index contributed by atoms with van der Waals surface area (Å²) in [7, 11) is 2.10. The second kappa shape index (κ2) is 11.0. The van der Waals surface area contributed by atoms with E-state index in [1.165, 1.54) is 4.90 Å². The Hall–Kier alpha value is -3.18. The zero-order valence-corrected chi connectivity index (χ0v) is 26.7. The van der Waals surface area contributed by atoms with Gasteiger partial charge in [-0.05, 0) is 70.7 Å². The van der Waals surface area contributed by atoms with Crippen molar-refractivity contribution in [2.24, 2.45) is 5.92 Å². The predicted molar refractivity (Wildman–Crippen MR) is 172 cm³/mol. The smallest absolute Gasteiger partial charge is 0.407 e. The maximum Gasteiger partial charge on any atom is 0.407 e. The van der Waals surface area contributed by atoms with Crippen molar-refractivity contribution in [2.45, 2.75) is 69.3 Å². The summed E-state index contributed by atoms with van der Waals surface area (Å²) < 4.78 is 25.7. The Labute approximate surface area is 270 Å². The molecule has 0 radical (unpaired) electrons. The zero-order chi connectivity index (χ0) is 31.1. The minimum atomic E-state index is -0.933. The molecule has 4 aliphatic heterocycles. The lowest BCUT2D eigenvalue weighted by atomic mass is 9.79. The number of rotatable bonds is 6. The van der Waals surface area contributed by atoms with Crippen molar-refractivity contribution in [1.82, 2.24) is 29.7 Å². The first-order valence-corrected chi connectivity index (χ1v) is 16.6. The number of amides is 1. The molecule has 1 aliphatic carbocycles. The predicted octanol–water partition coefficient (Wildman–Crippen LogP) is 6.91. The van der Waals surface area contributed by atoms with Crippen molar-refractivity contribution in [3.63, 3.8) is 0 Å². The Balaban J connectivity index is 1.39. The van der Waals surface area contributed by atoms with E-state index in [1.807, 2.05) is 13.0 Å². The van der Waals surface area contributed by atoms with Gasteiger partial charge in [0.15, 0.2) is 5.82 Å². The van der Waals surface area contributed by atoms with Gasteiger partial charge in [0, 0.05) is 48.0 Å². The van der Waals surface area contributed by atoms with Crippen LogP contribution in [0.3, 0.4) is 0 Å². The number of fused-ring (bicyclic) bond motifs is 4. The number of pyridine rings is 2. The molecule has 5 aliphatic rings. The quantitative estimate of drug-likeness (QED) is 0.234. The average Bonchev–Trinajstić information content (AvgIpc) is 3.83. The summed E-state index contributed by atoms with van der Waals surface area (Å²) in [6, 6.07) is 7.35. The number of benzene rings is 1. The van der Waals surface area contributed by atoms with Crippen molar-refractivity contribution >= 4 is 51.1 Å². The van der Waals surface area contributed by atoms with E-state index in [4.69, 9.17) is 32.9 Å². The van der Waals surface area contributed by atoms with E-state index in [9.17, 15) is 9.90 Å². The maximum absolute atomic E-state index is 16.7. The van der Waals surface area contributed by atoms with E-state index >= 15 is 4.39 Å². The normalized spacial score (nSPS) is 27.0. The molecule has 2 N–H and O–H groups in total. The molecule has 4 aromatic rings. The van der Waals surface area contributed by atoms with Gasteiger partial charge in [0.1, 0.15) is 17.3 Å². The van der Waals surface area contributed by atoms with E-state index in [2.05, 4.69) is 26.8 Å². The minimum Gasteiger partial charge on any atom is -0.472 e. The highest BCUT2D eigenvalue weighted by molar-refractivity contribution is 6.43. The number of nitrogens with zero attached hydrogens (tertiary/aromatic N) is 5. The van der Waals surface area contributed by atoms with E-state index < -0.39 is 11.9 Å². The third kappa shape index (κ3) is 4.51. The molecule has 2 bridgehead atoms. The van der Waals surface area contributed by atoms with Gasteiger partial charge in [0.25, 0.3) is 0 Å². The standard InChI is InChI=1S/C33H35Cl2FN6O3/c1-16(23-8-4-10-40(23)2)45-32-19-13-25(24-9-5-11-41(24)33(43)44)42(30-17-12-22(30)37-14-17)31(19)20-15-38-28(27(36)29(20)39-32)18-6-3-7-21(34)26(18)35/h3,6-7,13,15-17,22-24,30,37H,4-5,8-12,14H2,1-2H3,(H,43,44)/t16-,17+,22+,23-,24+,30-/m0/s1. The Kier molecular flexibility index (Phi) is 7.13. The topological polar surface area (TPSA) is 95.8 Å². The van der Waals surface area contributed by atoms with Crippen LogP contribution in [0.15, 0.2) is 30.5 Å². The molecule has 3 aromatic heterocycles. The average molecular weight is 654 g/mol. The summed E-state index contributed by atoms with van der Waals surface area (Å²) in [5, 5.41) is 15.6. The number of carbonyl (C=O) groups is 1. The van der Waals surface area contributed by atoms with Crippen molar-refractivity contribution in [3.05, 3.63) is 52.0 Å². The van der Waals surface area contributed by atoms with Gasteiger partial charge in [0.2, 0.25) is 5.88 Å². The first-order chi connectivity index (χ1) is 21.7. The summed E-state index contributed by atoms with van der Waals surface area (Å²) in [6.07, 6.45) is 5.17. The summed E-state index contributed by atoms with van der Waals surface area (Å²) in [5.74, 6) is 0.133. The Morgan fingerprint density at radius 3 is 2.73 bits per heavy atom. The van der Waals surface area contributed by atoms with Gasteiger partial charge >= 0.3 is 6.09 Å². The Morgan fingerprint density at radius 2 is 2.02 bits per heavy atom. The van der Waals surface area contributed by atoms with Crippen LogP contribution >= 0.6 is 23.2 Å². The van der Waals surface area contributed by atoms with Gasteiger partial charge in [-0.25, -0.2) is 14.2 Å². The van der Waals surface area contributed by atoms with Crippen LogP contribution < -0.4 is 10.1 Å². The van der Waals surface area contributed by atoms with E-state index in [0.717, 1.165) is 55.4 Å². The molecular formula is C33H35Cl2FN6O3. The third-order valence-corrected chi connectivity index (χ3v) is 11.4. The second-order valence-electron chi connectivity index (χ2n) is 13.1. The number of likely N-dealkylation sites (N-methyl/N-ethyl adjacent to an activating group) is 1. The highest BCUT2D eigenvalue weighted by atomic mass is 35.5. The summed E-state index contributed by atoms with van der Waals surface area (Å²) in [5.41, 5.74) is 2.27. The van der Waals surface area contributed by atoms with Gasteiger partial charge in [-0.2, -0.15) is 0 Å². The Bertz CT molecular complexity index is 1840. The van der Waals surface area contributed by atoms with Crippen LogP contribution in [0.1, 0.15) is 56.8 Å². The van der Waals surface area contributed by atoms with Crippen molar-refractivity contribution < 1.29 is 19.0 Å². The van der Waals surface area contributed by atoms with Gasteiger partial charge in [-0.3, -0.25) is 14.8 Å². The molecule has 1 aromatic carbocycles. The lowest BCUT2D eigenvalue weighted by Gasteiger charge is -2.39. The summed E-state index contributed by atoms with van der Waals surface area (Å²) in [6.45, 7) is 4.41.